The number of aromatic nitrogens is 2. The number of hydrogen-bond acceptors (Lipinski definition) is 5. The fraction of sp³-hybridized carbons (Fsp3) is 0.455. The molecule has 1 aliphatic carbocycles. The van der Waals surface area contributed by atoms with Crippen molar-refractivity contribution in [2.24, 2.45) is 0 Å². The van der Waals surface area contributed by atoms with Crippen LogP contribution in [0, 0.1) is 17.0 Å². The molecule has 0 fully saturated rings. The van der Waals surface area contributed by atoms with Gasteiger partial charge in [-0.05, 0) is 13.8 Å². The van der Waals surface area contributed by atoms with Crippen LogP contribution in [-0.4, -0.2) is 33.6 Å². The minimum absolute atomic E-state index is 0.0864. The van der Waals surface area contributed by atoms with E-state index in [0.29, 0.717) is 22.2 Å². The fourth-order valence-electron chi connectivity index (χ4n) is 1.95. The van der Waals surface area contributed by atoms with Crippen molar-refractivity contribution in [3.63, 3.8) is 0 Å². The second-order valence-corrected chi connectivity index (χ2v) is 4.13. The quantitative estimate of drug-likeness (QED) is 0.561. The third-order valence-corrected chi connectivity index (χ3v) is 2.71. The number of imidazole rings is 1. The lowest BCUT2D eigenvalue weighted by molar-refractivity contribution is -0.503. The lowest BCUT2D eigenvalue weighted by Crippen LogP contribution is -2.42. The van der Waals surface area contributed by atoms with E-state index in [4.69, 9.17) is 4.74 Å². The normalized spacial score (nSPS) is 17.4. The second-order valence-electron chi connectivity index (χ2n) is 4.13. The Bertz CT molecular complexity index is 634. The van der Waals surface area contributed by atoms with Gasteiger partial charge in [0.05, 0.1) is 24.1 Å². The molecule has 1 atom stereocenters. The van der Waals surface area contributed by atoms with E-state index in [0.717, 1.165) is 0 Å². The highest BCUT2D eigenvalue weighted by molar-refractivity contribution is 5.76. The molecule has 0 spiro atoms. The minimum Gasteiger partial charge on any atom is -0.450 e. The lowest BCUT2D eigenvalue weighted by Gasteiger charge is -2.12. The standard InChI is InChI=1S/C11H14N4O4/c1-3-19-11(16)14-9-5-7(15(17)18)4-8-10(9)13-6(2)12-8/h4,7H,3,5H2,1-2H3,(H,12,13)(H,14,16). The second kappa shape index (κ2) is 5.09. The molecule has 0 aromatic carbocycles. The maximum Gasteiger partial charge on any atom is 0.411 e. The third-order valence-electron chi connectivity index (χ3n) is 2.71. The van der Waals surface area contributed by atoms with Gasteiger partial charge in [-0.15, -0.1) is 0 Å². The van der Waals surface area contributed by atoms with Gasteiger partial charge in [-0.3, -0.25) is 15.4 Å². The first-order valence-electron chi connectivity index (χ1n) is 5.86. The first kappa shape index (κ1) is 13.1. The van der Waals surface area contributed by atoms with Crippen molar-refractivity contribution in [3.05, 3.63) is 26.6 Å². The topological polar surface area (TPSA) is 110 Å². The summed E-state index contributed by atoms with van der Waals surface area (Å²) >= 11 is 0. The lowest BCUT2D eigenvalue weighted by atomic mass is 10.1. The molecule has 1 amide bonds. The first-order chi connectivity index (χ1) is 9.01. The molecule has 2 rings (SSSR count). The number of ether oxygens (including phenoxy) is 1. The summed E-state index contributed by atoms with van der Waals surface area (Å²) in [4.78, 5) is 29.1. The van der Waals surface area contributed by atoms with Crippen molar-refractivity contribution in [2.75, 3.05) is 6.61 Å². The van der Waals surface area contributed by atoms with Gasteiger partial charge >= 0.3 is 6.09 Å². The maximum absolute atomic E-state index is 11.4. The first-order valence-corrected chi connectivity index (χ1v) is 5.86. The summed E-state index contributed by atoms with van der Waals surface area (Å²) in [6.45, 7) is 3.66. The Morgan fingerprint density at radius 1 is 1.74 bits per heavy atom. The summed E-state index contributed by atoms with van der Waals surface area (Å²) in [6.07, 6.45) is 0.961. The van der Waals surface area contributed by atoms with E-state index in [2.05, 4.69) is 15.3 Å². The zero-order chi connectivity index (χ0) is 14.0. The van der Waals surface area contributed by atoms with Crippen LogP contribution < -0.4 is 16.0 Å². The maximum atomic E-state index is 11.4. The Hall–Kier alpha value is -2.38. The Labute approximate surface area is 108 Å². The van der Waals surface area contributed by atoms with Gasteiger partial charge in [0.2, 0.25) is 6.04 Å². The molecule has 8 heteroatoms. The van der Waals surface area contributed by atoms with Gasteiger partial charge in [-0.1, -0.05) is 0 Å². The zero-order valence-corrected chi connectivity index (χ0v) is 10.6. The summed E-state index contributed by atoms with van der Waals surface area (Å²) in [7, 11) is 0. The fourth-order valence-corrected chi connectivity index (χ4v) is 1.95. The van der Waals surface area contributed by atoms with Gasteiger partial charge in [0.25, 0.3) is 0 Å². The van der Waals surface area contributed by atoms with Crippen molar-refractivity contribution >= 4 is 17.9 Å². The molecule has 1 aromatic heterocycles. The van der Waals surface area contributed by atoms with Crippen LogP contribution in [0.25, 0.3) is 11.8 Å². The average molecular weight is 266 g/mol. The van der Waals surface area contributed by atoms with Crippen molar-refractivity contribution in [1.29, 1.82) is 0 Å². The molecule has 0 saturated heterocycles. The minimum atomic E-state index is -0.885. The monoisotopic (exact) mass is 266 g/mol. The molecule has 1 aromatic rings. The number of H-pyrrole nitrogens is 1. The number of carbonyl (C=O) groups excluding carboxylic acids is 1. The van der Waals surface area contributed by atoms with Crippen molar-refractivity contribution in [2.45, 2.75) is 26.3 Å². The van der Waals surface area contributed by atoms with Gasteiger partial charge in [0.1, 0.15) is 11.2 Å². The number of rotatable bonds is 3. The van der Waals surface area contributed by atoms with Crippen LogP contribution in [0.1, 0.15) is 19.2 Å². The molecule has 19 heavy (non-hydrogen) atoms. The molecule has 0 aliphatic heterocycles. The van der Waals surface area contributed by atoms with Gasteiger partial charge in [-0.25, -0.2) is 9.78 Å². The number of nitrogens with zero attached hydrogens (tertiary/aromatic N) is 2. The molecule has 1 heterocycles. The summed E-state index contributed by atoms with van der Waals surface area (Å²) in [5.74, 6) is 0.633. The average Bonchev–Trinajstić information content (AvgIpc) is 2.69. The number of aryl methyl sites for hydroxylation is 1. The predicted octanol–water partition coefficient (Wildman–Crippen LogP) is -0.598. The molecule has 102 valence electrons. The molecule has 0 saturated carbocycles. The van der Waals surface area contributed by atoms with E-state index in [9.17, 15) is 14.9 Å². The van der Waals surface area contributed by atoms with Crippen LogP contribution in [0.3, 0.4) is 0 Å². The number of aromatic amines is 1. The molecule has 2 N–H and O–H groups in total. The van der Waals surface area contributed by atoms with Crippen LogP contribution in [0.4, 0.5) is 4.79 Å². The zero-order valence-electron chi connectivity index (χ0n) is 10.6. The largest absolute Gasteiger partial charge is 0.450 e. The Kier molecular flexibility index (Phi) is 3.50. The number of fused-ring (bicyclic) bond motifs is 1. The van der Waals surface area contributed by atoms with Gasteiger partial charge < -0.3 is 9.72 Å². The third kappa shape index (κ3) is 2.72. The smallest absolute Gasteiger partial charge is 0.411 e. The van der Waals surface area contributed by atoms with Crippen LogP contribution in [-0.2, 0) is 4.74 Å². The van der Waals surface area contributed by atoms with Crippen LogP contribution in [0.15, 0.2) is 0 Å². The number of nitrogens with one attached hydrogen (secondary N) is 2. The van der Waals surface area contributed by atoms with E-state index >= 15 is 0 Å². The van der Waals surface area contributed by atoms with Crippen LogP contribution in [0.5, 0.6) is 0 Å². The molecule has 8 nitrogen and oxygen atoms in total. The van der Waals surface area contributed by atoms with E-state index in [1.807, 2.05) is 0 Å². The molecule has 0 radical (unpaired) electrons. The summed E-state index contributed by atoms with van der Waals surface area (Å²) in [5.41, 5.74) is 0.405. The van der Waals surface area contributed by atoms with E-state index in [1.54, 1.807) is 13.8 Å². The Balaban J connectivity index is 2.42. The van der Waals surface area contributed by atoms with Crippen LogP contribution >= 0.6 is 0 Å². The van der Waals surface area contributed by atoms with Crippen molar-refractivity contribution in [3.8, 4) is 0 Å². The van der Waals surface area contributed by atoms with E-state index in [-0.39, 0.29) is 13.0 Å². The van der Waals surface area contributed by atoms with Crippen molar-refractivity contribution in [1.82, 2.24) is 15.3 Å². The number of amides is 1. The van der Waals surface area contributed by atoms with E-state index in [1.165, 1.54) is 6.08 Å². The number of alkyl carbamates (subject to hydrolysis) is 1. The highest BCUT2D eigenvalue weighted by Crippen LogP contribution is 2.09. The van der Waals surface area contributed by atoms with Crippen molar-refractivity contribution < 1.29 is 14.5 Å². The number of carbonyl (C=O) groups is 1. The number of nitro groups is 1. The van der Waals surface area contributed by atoms with Crippen LogP contribution in [0.2, 0.25) is 0 Å². The predicted molar refractivity (Wildman–Crippen MR) is 66.0 cm³/mol. The number of hydrogen-bond donors (Lipinski definition) is 2. The molecule has 0 bridgehead atoms. The Morgan fingerprint density at radius 2 is 2.47 bits per heavy atom. The molecular weight excluding hydrogens is 252 g/mol. The summed E-state index contributed by atoms with van der Waals surface area (Å²) < 4.78 is 4.77. The highest BCUT2D eigenvalue weighted by Gasteiger charge is 2.25. The van der Waals surface area contributed by atoms with Gasteiger partial charge in [0, 0.05) is 11.0 Å². The summed E-state index contributed by atoms with van der Waals surface area (Å²) in [6, 6.07) is -0.885. The van der Waals surface area contributed by atoms with Gasteiger partial charge in [0.15, 0.2) is 0 Å². The molecule has 1 aliphatic rings. The highest BCUT2D eigenvalue weighted by atomic mass is 16.6. The van der Waals surface area contributed by atoms with Gasteiger partial charge in [-0.2, -0.15) is 0 Å². The SMILES string of the molecule is CCOC(=O)NC1=c2nc(C)[nH]c2=CC([N+](=O)[O-])C1. The molecule has 1 unspecified atom stereocenters. The van der Waals surface area contributed by atoms with E-state index < -0.39 is 17.1 Å². The summed E-state index contributed by atoms with van der Waals surface area (Å²) in [5, 5.41) is 14.5. The molecular formula is C11H14N4O4. The Morgan fingerprint density at radius 3 is 3.11 bits per heavy atom.